The number of likely N-dealkylation sites (tertiary alicyclic amines) is 1. The van der Waals surface area contributed by atoms with Gasteiger partial charge in [-0.25, -0.2) is 15.0 Å². The molecule has 0 radical (unpaired) electrons. The summed E-state index contributed by atoms with van der Waals surface area (Å²) < 4.78 is 6.86. The summed E-state index contributed by atoms with van der Waals surface area (Å²) in [6.07, 6.45) is 7.21. The first kappa shape index (κ1) is 22.6. The van der Waals surface area contributed by atoms with Crippen molar-refractivity contribution in [1.29, 1.82) is 0 Å². The Balaban J connectivity index is 1.56. The van der Waals surface area contributed by atoms with E-state index in [4.69, 9.17) is 4.74 Å². The molecule has 6 nitrogen and oxygen atoms in total. The van der Waals surface area contributed by atoms with Gasteiger partial charge in [-0.3, -0.25) is 4.79 Å². The molecular formula is C25H27IN4O2. The van der Waals surface area contributed by atoms with Crippen LogP contribution in [0.2, 0.25) is 0 Å². The lowest BCUT2D eigenvalue weighted by atomic mass is 9.89. The van der Waals surface area contributed by atoms with Crippen molar-refractivity contribution in [1.82, 2.24) is 19.9 Å². The van der Waals surface area contributed by atoms with E-state index in [0.717, 1.165) is 40.5 Å². The molecule has 2 unspecified atom stereocenters. The van der Waals surface area contributed by atoms with Crippen molar-refractivity contribution in [3.05, 3.63) is 71.7 Å². The fourth-order valence-electron chi connectivity index (χ4n) is 4.15. The van der Waals surface area contributed by atoms with E-state index in [-0.39, 0.29) is 17.9 Å². The maximum atomic E-state index is 13.8. The van der Waals surface area contributed by atoms with Crippen LogP contribution in [-0.4, -0.2) is 49.4 Å². The van der Waals surface area contributed by atoms with Crippen molar-refractivity contribution in [2.75, 3.05) is 17.6 Å². The van der Waals surface area contributed by atoms with Gasteiger partial charge in [-0.15, -0.1) is 0 Å². The molecule has 0 N–H and O–H groups in total. The van der Waals surface area contributed by atoms with E-state index in [1.165, 1.54) is 0 Å². The van der Waals surface area contributed by atoms with Crippen molar-refractivity contribution in [3.63, 3.8) is 0 Å². The number of aromatic nitrogens is 3. The van der Waals surface area contributed by atoms with Crippen LogP contribution in [0.1, 0.15) is 34.3 Å². The highest BCUT2D eigenvalue weighted by atomic mass is 127. The highest BCUT2D eigenvalue weighted by Crippen LogP contribution is 2.30. The van der Waals surface area contributed by atoms with Gasteiger partial charge in [0.1, 0.15) is 0 Å². The molecule has 1 aliphatic heterocycles. The molecule has 2 aromatic heterocycles. The fraction of sp³-hybridized carbons (Fsp3) is 0.360. The van der Waals surface area contributed by atoms with Crippen LogP contribution >= 0.6 is 22.6 Å². The molecule has 0 aliphatic carbocycles. The zero-order valence-corrected chi connectivity index (χ0v) is 20.5. The summed E-state index contributed by atoms with van der Waals surface area (Å²) in [5.74, 6) is 1.50. The number of alkyl halides is 1. The molecule has 2 atom stereocenters. The number of hydrogen-bond donors (Lipinski definition) is 0. The van der Waals surface area contributed by atoms with Gasteiger partial charge in [0, 0.05) is 53.2 Å². The van der Waals surface area contributed by atoms with Gasteiger partial charge in [0.15, 0.2) is 5.82 Å². The molecule has 1 amide bonds. The van der Waals surface area contributed by atoms with Gasteiger partial charge in [-0.2, -0.15) is 0 Å². The lowest BCUT2D eigenvalue weighted by Gasteiger charge is -2.40. The Morgan fingerprint density at radius 1 is 1.12 bits per heavy atom. The number of ether oxygens (including phenoxy) is 1. The Kier molecular flexibility index (Phi) is 7.34. The second kappa shape index (κ2) is 10.4. The standard InChI is InChI=1S/C25H27IN4O2/c1-17-6-8-20(24-27-10-4-11-28-24)21(13-17)25(31)30-12-3-5-19(22(30)14-26)16-32-23-9-7-18(2)15-29-23/h4,6-11,13,15,19,22H,3,5,12,14,16H2,1-2H3. The third-order valence-electron chi connectivity index (χ3n) is 5.88. The predicted molar refractivity (Wildman–Crippen MR) is 133 cm³/mol. The maximum Gasteiger partial charge on any atom is 0.254 e. The second-order valence-corrected chi connectivity index (χ2v) is 9.11. The molecule has 1 fully saturated rings. The maximum absolute atomic E-state index is 13.8. The molecule has 0 bridgehead atoms. The van der Waals surface area contributed by atoms with E-state index < -0.39 is 0 Å². The lowest BCUT2D eigenvalue weighted by Crippen LogP contribution is -2.51. The van der Waals surface area contributed by atoms with E-state index >= 15 is 0 Å². The minimum absolute atomic E-state index is 0.0379. The first-order chi connectivity index (χ1) is 15.6. The summed E-state index contributed by atoms with van der Waals surface area (Å²) in [6, 6.07) is 11.7. The van der Waals surface area contributed by atoms with Gasteiger partial charge in [0.2, 0.25) is 5.88 Å². The minimum Gasteiger partial charge on any atom is -0.477 e. The average Bonchev–Trinajstić information content (AvgIpc) is 2.83. The Bertz CT molecular complexity index is 1060. The summed E-state index contributed by atoms with van der Waals surface area (Å²) in [5.41, 5.74) is 3.58. The predicted octanol–water partition coefficient (Wildman–Crippen LogP) is 4.89. The third kappa shape index (κ3) is 5.09. The van der Waals surface area contributed by atoms with Crippen LogP contribution in [0.15, 0.2) is 55.0 Å². The third-order valence-corrected chi connectivity index (χ3v) is 6.78. The van der Waals surface area contributed by atoms with Crippen LogP contribution < -0.4 is 4.74 Å². The zero-order chi connectivity index (χ0) is 22.5. The molecule has 0 saturated carbocycles. The van der Waals surface area contributed by atoms with Gasteiger partial charge < -0.3 is 9.64 Å². The number of carbonyl (C=O) groups is 1. The van der Waals surface area contributed by atoms with Crippen molar-refractivity contribution in [2.45, 2.75) is 32.7 Å². The van der Waals surface area contributed by atoms with Crippen molar-refractivity contribution >= 4 is 28.5 Å². The number of hydrogen-bond acceptors (Lipinski definition) is 5. The highest BCUT2D eigenvalue weighted by molar-refractivity contribution is 14.1. The van der Waals surface area contributed by atoms with Crippen LogP contribution in [0.4, 0.5) is 0 Å². The van der Waals surface area contributed by atoms with E-state index in [9.17, 15) is 4.79 Å². The topological polar surface area (TPSA) is 68.2 Å². The first-order valence-electron chi connectivity index (χ1n) is 10.9. The quantitative estimate of drug-likeness (QED) is 0.328. The van der Waals surface area contributed by atoms with Gasteiger partial charge in [-0.05, 0) is 44.4 Å². The number of pyridine rings is 1. The van der Waals surface area contributed by atoms with E-state index in [1.54, 1.807) is 18.5 Å². The van der Waals surface area contributed by atoms with Gasteiger partial charge in [0.25, 0.3) is 5.91 Å². The van der Waals surface area contributed by atoms with E-state index in [1.807, 2.05) is 55.3 Å². The van der Waals surface area contributed by atoms with Gasteiger partial charge >= 0.3 is 0 Å². The number of carbonyl (C=O) groups excluding carboxylic acids is 1. The fourth-order valence-corrected chi connectivity index (χ4v) is 5.34. The monoisotopic (exact) mass is 542 g/mol. The molecule has 32 heavy (non-hydrogen) atoms. The number of rotatable bonds is 6. The SMILES string of the molecule is Cc1ccc(OCC2CCCN(C(=O)c3cc(C)ccc3-c3ncccn3)C2CI)nc1. The van der Waals surface area contributed by atoms with Crippen LogP contribution in [0.25, 0.3) is 11.4 Å². The average molecular weight is 542 g/mol. The van der Waals surface area contributed by atoms with Gasteiger partial charge in [0.05, 0.1) is 12.2 Å². The van der Waals surface area contributed by atoms with E-state index in [0.29, 0.717) is 23.9 Å². The molecule has 1 aliphatic rings. The first-order valence-corrected chi connectivity index (χ1v) is 12.4. The Hall–Kier alpha value is -2.55. The Morgan fingerprint density at radius 3 is 2.62 bits per heavy atom. The van der Waals surface area contributed by atoms with Crippen LogP contribution in [0.3, 0.4) is 0 Å². The smallest absolute Gasteiger partial charge is 0.254 e. The summed E-state index contributed by atoms with van der Waals surface area (Å²) in [4.78, 5) is 28.9. The highest BCUT2D eigenvalue weighted by Gasteiger charge is 2.35. The summed E-state index contributed by atoms with van der Waals surface area (Å²) >= 11 is 2.39. The summed E-state index contributed by atoms with van der Waals surface area (Å²) in [6.45, 7) is 5.31. The number of aryl methyl sites for hydroxylation is 2. The van der Waals surface area contributed by atoms with Crippen molar-refractivity contribution in [3.8, 4) is 17.3 Å². The number of halogens is 1. The zero-order valence-electron chi connectivity index (χ0n) is 18.4. The number of piperidine rings is 1. The molecular weight excluding hydrogens is 515 g/mol. The van der Waals surface area contributed by atoms with Crippen molar-refractivity contribution < 1.29 is 9.53 Å². The van der Waals surface area contributed by atoms with E-state index in [2.05, 4.69) is 37.5 Å². The summed E-state index contributed by atoms with van der Waals surface area (Å²) in [5, 5.41) is 0. The van der Waals surface area contributed by atoms with Gasteiger partial charge in [-0.1, -0.05) is 46.4 Å². The molecule has 166 valence electrons. The summed E-state index contributed by atoms with van der Waals surface area (Å²) in [7, 11) is 0. The Morgan fingerprint density at radius 2 is 1.91 bits per heavy atom. The Labute approximate surface area is 202 Å². The second-order valence-electron chi connectivity index (χ2n) is 8.23. The largest absolute Gasteiger partial charge is 0.477 e. The minimum atomic E-state index is 0.0379. The molecule has 4 rings (SSSR count). The molecule has 1 aromatic carbocycles. The number of amides is 1. The van der Waals surface area contributed by atoms with Crippen LogP contribution in [0, 0.1) is 19.8 Å². The molecule has 0 spiro atoms. The molecule has 1 saturated heterocycles. The number of benzene rings is 1. The normalized spacial score (nSPS) is 18.4. The molecule has 7 heteroatoms. The number of nitrogens with zero attached hydrogens (tertiary/aromatic N) is 4. The lowest BCUT2D eigenvalue weighted by molar-refractivity contribution is 0.0466. The molecule has 3 heterocycles. The van der Waals surface area contributed by atoms with Crippen LogP contribution in [0.5, 0.6) is 5.88 Å². The van der Waals surface area contributed by atoms with Crippen molar-refractivity contribution in [2.24, 2.45) is 5.92 Å². The molecule has 3 aromatic rings. The van der Waals surface area contributed by atoms with Crippen LogP contribution in [-0.2, 0) is 0 Å².